The summed E-state index contributed by atoms with van der Waals surface area (Å²) in [5.74, 6) is -0.160. The molecule has 6 heteroatoms. The van der Waals surface area contributed by atoms with Gasteiger partial charge in [-0.1, -0.05) is 28.1 Å². The van der Waals surface area contributed by atoms with Crippen LogP contribution in [0.25, 0.3) is 0 Å². The second-order valence-corrected chi connectivity index (χ2v) is 5.10. The third kappa shape index (κ3) is 3.52. The number of benzene rings is 1. The van der Waals surface area contributed by atoms with Gasteiger partial charge in [0.1, 0.15) is 6.10 Å². The zero-order chi connectivity index (χ0) is 12.5. The van der Waals surface area contributed by atoms with Crippen molar-refractivity contribution in [1.29, 1.82) is 0 Å². The molecule has 0 bridgehead atoms. The summed E-state index contributed by atoms with van der Waals surface area (Å²) in [6.07, 6.45) is -3.16. The Morgan fingerprint density at radius 1 is 1.12 bits per heavy atom. The Kier molecular flexibility index (Phi) is 3.51. The summed E-state index contributed by atoms with van der Waals surface area (Å²) in [5.41, 5.74) is 0. The largest absolute Gasteiger partial charge is 0.573 e. The van der Waals surface area contributed by atoms with Gasteiger partial charge in [-0.2, -0.15) is 0 Å². The molecule has 2 rings (SSSR count). The molecule has 1 aliphatic carbocycles. The molecular weight excluding hydrogens is 301 g/mol. The molecule has 17 heavy (non-hydrogen) atoms. The molecule has 1 aliphatic rings. The maximum atomic E-state index is 12.1. The second kappa shape index (κ2) is 4.76. The molecule has 0 N–H and O–H groups in total. The fourth-order valence-corrected chi connectivity index (χ4v) is 2.37. The smallest absolute Gasteiger partial charge is 0.486 e. The molecule has 0 radical (unpaired) electrons. The van der Waals surface area contributed by atoms with Crippen LogP contribution in [0.3, 0.4) is 0 Å². The van der Waals surface area contributed by atoms with E-state index in [1.165, 1.54) is 18.2 Å². The molecule has 0 spiro atoms. The highest BCUT2D eigenvalue weighted by molar-refractivity contribution is 9.09. The molecule has 0 atom stereocenters. The van der Waals surface area contributed by atoms with Crippen LogP contribution in [-0.4, -0.2) is 17.3 Å². The van der Waals surface area contributed by atoms with Gasteiger partial charge in [-0.05, 0) is 25.0 Å². The van der Waals surface area contributed by atoms with Gasteiger partial charge in [0.05, 0.1) is 0 Å². The van der Waals surface area contributed by atoms with Crippen molar-refractivity contribution < 1.29 is 22.6 Å². The SMILES string of the molecule is FC(F)(F)Oc1ccccc1OC1CC(Br)C1. The molecule has 94 valence electrons. The Morgan fingerprint density at radius 2 is 1.71 bits per heavy atom. The molecular formula is C11H10BrF3O2. The van der Waals surface area contributed by atoms with E-state index >= 15 is 0 Å². The minimum absolute atomic E-state index is 0.0441. The molecule has 1 aromatic carbocycles. The fourth-order valence-electron chi connectivity index (χ4n) is 1.53. The van der Waals surface area contributed by atoms with Crippen LogP contribution in [0.5, 0.6) is 11.5 Å². The summed E-state index contributed by atoms with van der Waals surface area (Å²) in [4.78, 5) is 0.392. The van der Waals surface area contributed by atoms with Crippen molar-refractivity contribution in [2.24, 2.45) is 0 Å². The van der Waals surface area contributed by atoms with E-state index in [9.17, 15) is 13.2 Å². The van der Waals surface area contributed by atoms with Crippen LogP contribution in [0, 0.1) is 0 Å². The maximum absolute atomic E-state index is 12.1. The Bertz CT molecular complexity index is 389. The number of ether oxygens (including phenoxy) is 2. The van der Waals surface area contributed by atoms with Crippen molar-refractivity contribution in [3.05, 3.63) is 24.3 Å². The topological polar surface area (TPSA) is 18.5 Å². The third-order valence-electron chi connectivity index (χ3n) is 2.41. The van der Waals surface area contributed by atoms with Crippen LogP contribution in [0.15, 0.2) is 24.3 Å². The van der Waals surface area contributed by atoms with E-state index in [0.717, 1.165) is 12.8 Å². The first-order valence-corrected chi connectivity index (χ1v) is 6.01. The maximum Gasteiger partial charge on any atom is 0.573 e. The van der Waals surface area contributed by atoms with Crippen LogP contribution in [0.4, 0.5) is 13.2 Å². The lowest BCUT2D eigenvalue weighted by Gasteiger charge is -2.32. The predicted molar refractivity (Wildman–Crippen MR) is 59.5 cm³/mol. The molecule has 0 aliphatic heterocycles. The molecule has 1 aromatic rings. The summed E-state index contributed by atoms with van der Waals surface area (Å²) >= 11 is 3.39. The fraction of sp³-hybridized carbons (Fsp3) is 0.455. The lowest BCUT2D eigenvalue weighted by Crippen LogP contribution is -2.34. The first-order valence-electron chi connectivity index (χ1n) is 5.09. The van der Waals surface area contributed by atoms with E-state index in [4.69, 9.17) is 4.74 Å². The Hall–Kier alpha value is -0.910. The van der Waals surface area contributed by atoms with Crippen LogP contribution >= 0.6 is 15.9 Å². The molecule has 1 fully saturated rings. The summed E-state index contributed by atoms with van der Waals surface area (Å²) in [6.45, 7) is 0. The average molecular weight is 311 g/mol. The standard InChI is InChI=1S/C11H10BrF3O2/c12-7-5-8(6-7)16-9-3-1-2-4-10(9)17-11(13,14)15/h1-4,7-8H,5-6H2. The van der Waals surface area contributed by atoms with Crippen LogP contribution in [0.2, 0.25) is 0 Å². The van der Waals surface area contributed by atoms with Crippen molar-refractivity contribution in [3.63, 3.8) is 0 Å². The average Bonchev–Trinajstić information content (AvgIpc) is 2.16. The molecule has 0 saturated heterocycles. The van der Waals surface area contributed by atoms with Gasteiger partial charge in [-0.3, -0.25) is 0 Å². The first-order chi connectivity index (χ1) is 7.94. The van der Waals surface area contributed by atoms with E-state index in [0.29, 0.717) is 4.83 Å². The number of rotatable bonds is 3. The minimum atomic E-state index is -4.70. The van der Waals surface area contributed by atoms with Crippen molar-refractivity contribution in [2.75, 3.05) is 0 Å². The zero-order valence-electron chi connectivity index (χ0n) is 8.71. The van der Waals surface area contributed by atoms with Crippen LogP contribution < -0.4 is 9.47 Å². The van der Waals surface area contributed by atoms with Gasteiger partial charge in [0, 0.05) is 4.83 Å². The predicted octanol–water partition coefficient (Wildman–Crippen LogP) is 3.89. The van der Waals surface area contributed by atoms with Crippen molar-refractivity contribution in [2.45, 2.75) is 30.1 Å². The monoisotopic (exact) mass is 310 g/mol. The van der Waals surface area contributed by atoms with E-state index in [-0.39, 0.29) is 17.6 Å². The highest BCUT2D eigenvalue weighted by Gasteiger charge is 2.34. The highest BCUT2D eigenvalue weighted by atomic mass is 79.9. The summed E-state index contributed by atoms with van der Waals surface area (Å²) < 4.78 is 45.7. The first kappa shape index (κ1) is 12.5. The molecule has 0 unspecified atom stereocenters. The van der Waals surface area contributed by atoms with Gasteiger partial charge in [0.15, 0.2) is 11.5 Å². The summed E-state index contributed by atoms with van der Waals surface area (Å²) in [5, 5.41) is 0. The van der Waals surface area contributed by atoms with Crippen molar-refractivity contribution in [1.82, 2.24) is 0 Å². The van der Waals surface area contributed by atoms with Crippen molar-refractivity contribution in [3.8, 4) is 11.5 Å². The number of hydrogen-bond donors (Lipinski definition) is 0. The van der Waals surface area contributed by atoms with Gasteiger partial charge in [-0.15, -0.1) is 13.2 Å². The van der Waals surface area contributed by atoms with Gasteiger partial charge in [-0.25, -0.2) is 0 Å². The zero-order valence-corrected chi connectivity index (χ0v) is 10.3. The number of hydrogen-bond acceptors (Lipinski definition) is 2. The number of halogens is 4. The minimum Gasteiger partial charge on any atom is -0.486 e. The molecule has 2 nitrogen and oxygen atoms in total. The van der Waals surface area contributed by atoms with Gasteiger partial charge in [0.25, 0.3) is 0 Å². The second-order valence-electron chi connectivity index (χ2n) is 3.80. The Labute approximate surface area is 105 Å². The van der Waals surface area contributed by atoms with E-state index in [2.05, 4.69) is 20.7 Å². The normalized spacial score (nSPS) is 24.0. The lowest BCUT2D eigenvalue weighted by atomic mass is 9.96. The quantitative estimate of drug-likeness (QED) is 0.789. The van der Waals surface area contributed by atoms with E-state index in [1.807, 2.05) is 0 Å². The van der Waals surface area contributed by atoms with E-state index in [1.54, 1.807) is 6.07 Å². The molecule has 0 amide bonds. The molecule has 0 aromatic heterocycles. The highest BCUT2D eigenvalue weighted by Crippen LogP contribution is 2.36. The van der Waals surface area contributed by atoms with Gasteiger partial charge < -0.3 is 9.47 Å². The van der Waals surface area contributed by atoms with Crippen molar-refractivity contribution >= 4 is 15.9 Å². The molecule has 0 heterocycles. The van der Waals surface area contributed by atoms with Gasteiger partial charge in [0.2, 0.25) is 0 Å². The summed E-state index contributed by atoms with van der Waals surface area (Å²) in [6, 6.07) is 5.81. The van der Waals surface area contributed by atoms with E-state index < -0.39 is 6.36 Å². The lowest BCUT2D eigenvalue weighted by molar-refractivity contribution is -0.275. The van der Waals surface area contributed by atoms with Crippen LogP contribution in [0.1, 0.15) is 12.8 Å². The number of alkyl halides is 4. The van der Waals surface area contributed by atoms with Gasteiger partial charge >= 0.3 is 6.36 Å². The Balaban J connectivity index is 2.05. The van der Waals surface area contributed by atoms with Crippen LogP contribution in [-0.2, 0) is 0 Å². The Morgan fingerprint density at radius 3 is 2.24 bits per heavy atom. The molecule has 1 saturated carbocycles. The summed E-state index contributed by atoms with van der Waals surface area (Å²) in [7, 11) is 0. The number of para-hydroxylation sites is 2. The third-order valence-corrected chi connectivity index (χ3v) is 3.15.